The Morgan fingerprint density at radius 2 is 1.74 bits per heavy atom. The molecule has 0 aromatic heterocycles. The number of benzene rings is 1. The molecule has 1 unspecified atom stereocenters. The third-order valence-corrected chi connectivity index (χ3v) is 3.25. The van der Waals surface area contributed by atoms with Crippen molar-refractivity contribution >= 4 is 36.6 Å². The molecule has 0 fully saturated rings. The van der Waals surface area contributed by atoms with Crippen LogP contribution >= 0.6 is 24.8 Å². The normalized spacial score (nSPS) is 11.0. The zero-order valence-corrected chi connectivity index (χ0v) is 15.1. The molecular weight excluding hydrogens is 339 g/mol. The second kappa shape index (κ2) is 13.1. The summed E-state index contributed by atoms with van der Waals surface area (Å²) >= 11 is 0. The lowest BCUT2D eigenvalue weighted by Gasteiger charge is -2.25. The molecule has 4 N–H and O–H groups in total. The molecule has 0 aliphatic rings. The van der Waals surface area contributed by atoms with Gasteiger partial charge in [-0.15, -0.1) is 24.8 Å². The van der Waals surface area contributed by atoms with Gasteiger partial charge in [0.05, 0.1) is 13.1 Å². The third kappa shape index (κ3) is 10.1. The number of nitrogens with two attached hydrogens (primary N) is 1. The van der Waals surface area contributed by atoms with Crippen molar-refractivity contribution in [2.75, 3.05) is 26.7 Å². The number of nitrogens with zero attached hydrogens (tertiary/aromatic N) is 1. The van der Waals surface area contributed by atoms with Crippen LogP contribution in [0, 0.1) is 0 Å². The maximum absolute atomic E-state index is 11.6. The molecule has 1 rings (SSSR count). The van der Waals surface area contributed by atoms with Crippen LogP contribution in [0.25, 0.3) is 0 Å². The number of carbonyl (C=O) groups excluding carboxylic acids is 2. The number of halogens is 2. The molecule has 0 heterocycles. The van der Waals surface area contributed by atoms with Gasteiger partial charge in [0.15, 0.2) is 0 Å². The van der Waals surface area contributed by atoms with E-state index in [0.29, 0.717) is 6.54 Å². The smallest absolute Gasteiger partial charge is 0.239 e. The third-order valence-electron chi connectivity index (χ3n) is 3.25. The Kier molecular flexibility index (Phi) is 13.7. The zero-order chi connectivity index (χ0) is 15.7. The zero-order valence-electron chi connectivity index (χ0n) is 13.5. The van der Waals surface area contributed by atoms with E-state index in [2.05, 4.69) is 27.7 Å². The first-order valence-electron chi connectivity index (χ1n) is 7.00. The first-order chi connectivity index (χ1) is 10.0. The summed E-state index contributed by atoms with van der Waals surface area (Å²) in [5, 5.41) is 5.23. The van der Waals surface area contributed by atoms with Crippen molar-refractivity contribution in [1.82, 2.24) is 15.5 Å². The van der Waals surface area contributed by atoms with Crippen LogP contribution in [0.15, 0.2) is 30.3 Å². The summed E-state index contributed by atoms with van der Waals surface area (Å²) in [6.07, 6.45) is 0. The van der Waals surface area contributed by atoms with Crippen LogP contribution in [-0.2, 0) is 16.1 Å². The summed E-state index contributed by atoms with van der Waals surface area (Å²) in [5.41, 5.74) is 6.37. The van der Waals surface area contributed by atoms with Crippen LogP contribution in [0.1, 0.15) is 12.5 Å². The lowest BCUT2D eigenvalue weighted by atomic mass is 10.2. The molecule has 0 bridgehead atoms. The van der Waals surface area contributed by atoms with Crippen LogP contribution < -0.4 is 16.4 Å². The predicted octanol–water partition coefficient (Wildman–Crippen LogP) is 0.542. The molecule has 0 saturated carbocycles. The van der Waals surface area contributed by atoms with E-state index in [1.54, 1.807) is 0 Å². The van der Waals surface area contributed by atoms with Crippen LogP contribution in [-0.4, -0.2) is 49.4 Å². The highest BCUT2D eigenvalue weighted by atomic mass is 35.5. The van der Waals surface area contributed by atoms with Crippen molar-refractivity contribution in [1.29, 1.82) is 0 Å². The molecule has 1 aromatic rings. The summed E-state index contributed by atoms with van der Waals surface area (Å²) in [6.45, 7) is 3.25. The lowest BCUT2D eigenvalue weighted by Crippen LogP contribution is -2.44. The number of amides is 2. The van der Waals surface area contributed by atoms with Gasteiger partial charge in [0.1, 0.15) is 0 Å². The highest BCUT2D eigenvalue weighted by molar-refractivity contribution is 5.86. The summed E-state index contributed by atoms with van der Waals surface area (Å²) in [5.74, 6) is -0.545. The summed E-state index contributed by atoms with van der Waals surface area (Å²) in [7, 11) is 2.01. The molecule has 8 heteroatoms. The Bertz CT molecular complexity index is 460. The van der Waals surface area contributed by atoms with E-state index in [9.17, 15) is 9.59 Å². The van der Waals surface area contributed by atoms with Crippen LogP contribution in [0.2, 0.25) is 0 Å². The van der Waals surface area contributed by atoms with Gasteiger partial charge in [0, 0.05) is 19.1 Å². The maximum Gasteiger partial charge on any atom is 0.239 e. The summed E-state index contributed by atoms with van der Waals surface area (Å²) in [4.78, 5) is 24.7. The summed E-state index contributed by atoms with van der Waals surface area (Å²) in [6, 6.07) is 10.3. The van der Waals surface area contributed by atoms with Gasteiger partial charge in [-0.05, 0) is 19.5 Å². The van der Waals surface area contributed by atoms with Gasteiger partial charge >= 0.3 is 0 Å². The van der Waals surface area contributed by atoms with E-state index in [1.165, 1.54) is 5.56 Å². The number of hydrogen-bond donors (Lipinski definition) is 3. The standard InChI is InChI=1S/C15H24N4O2.2ClH/c1-12(9-17-15(21)10-18-14(20)8-16)19(2)11-13-6-4-3-5-7-13;;/h3-7,12H,8-11,16H2,1-2H3,(H,17,21)(H,18,20);2*1H. The fourth-order valence-corrected chi connectivity index (χ4v) is 1.76. The van der Waals surface area contributed by atoms with Gasteiger partial charge in [-0.25, -0.2) is 0 Å². The van der Waals surface area contributed by atoms with E-state index >= 15 is 0 Å². The number of hydrogen-bond acceptors (Lipinski definition) is 4. The second-order valence-electron chi connectivity index (χ2n) is 5.03. The number of carbonyl (C=O) groups is 2. The van der Waals surface area contributed by atoms with Gasteiger partial charge in [-0.3, -0.25) is 14.5 Å². The minimum atomic E-state index is -0.334. The van der Waals surface area contributed by atoms with Gasteiger partial charge < -0.3 is 16.4 Å². The molecular formula is C15H26Cl2N4O2. The molecule has 1 atom stereocenters. The molecule has 132 valence electrons. The molecule has 23 heavy (non-hydrogen) atoms. The van der Waals surface area contributed by atoms with Crippen LogP contribution in [0.5, 0.6) is 0 Å². The maximum atomic E-state index is 11.6. The first kappa shape index (κ1) is 23.9. The fourth-order valence-electron chi connectivity index (χ4n) is 1.76. The lowest BCUT2D eigenvalue weighted by molar-refractivity contribution is -0.125. The number of likely N-dealkylation sites (N-methyl/N-ethyl adjacent to an activating group) is 1. The van der Waals surface area contributed by atoms with Crippen molar-refractivity contribution in [2.45, 2.75) is 19.5 Å². The van der Waals surface area contributed by atoms with E-state index in [-0.39, 0.29) is 55.8 Å². The number of nitrogens with one attached hydrogen (secondary N) is 2. The van der Waals surface area contributed by atoms with Crippen molar-refractivity contribution in [3.05, 3.63) is 35.9 Å². The van der Waals surface area contributed by atoms with Gasteiger partial charge in [-0.1, -0.05) is 30.3 Å². The first-order valence-corrected chi connectivity index (χ1v) is 7.00. The Morgan fingerprint density at radius 1 is 1.13 bits per heavy atom. The largest absolute Gasteiger partial charge is 0.353 e. The van der Waals surface area contributed by atoms with E-state index in [4.69, 9.17) is 5.73 Å². The molecule has 0 spiro atoms. The summed E-state index contributed by atoms with van der Waals surface area (Å²) < 4.78 is 0. The van der Waals surface area contributed by atoms with Crippen LogP contribution in [0.4, 0.5) is 0 Å². The molecule has 1 aromatic carbocycles. The topological polar surface area (TPSA) is 87.5 Å². The van der Waals surface area contributed by atoms with Gasteiger partial charge in [0.2, 0.25) is 11.8 Å². The SMILES string of the molecule is CC(CNC(=O)CNC(=O)CN)N(C)Cc1ccccc1.Cl.Cl. The Morgan fingerprint density at radius 3 is 2.30 bits per heavy atom. The molecule has 0 aliphatic carbocycles. The van der Waals surface area contributed by atoms with Crippen molar-refractivity contribution in [2.24, 2.45) is 5.73 Å². The van der Waals surface area contributed by atoms with Gasteiger partial charge in [0.25, 0.3) is 0 Å². The van der Waals surface area contributed by atoms with Crippen molar-refractivity contribution in [3.8, 4) is 0 Å². The minimum Gasteiger partial charge on any atom is -0.353 e. The molecule has 0 aliphatic heterocycles. The van der Waals surface area contributed by atoms with Gasteiger partial charge in [-0.2, -0.15) is 0 Å². The minimum absolute atomic E-state index is 0. The quantitative estimate of drug-likeness (QED) is 0.628. The average molecular weight is 365 g/mol. The molecule has 0 saturated heterocycles. The molecule has 0 radical (unpaired) electrons. The predicted molar refractivity (Wildman–Crippen MR) is 96.9 cm³/mol. The monoisotopic (exact) mass is 364 g/mol. The van der Waals surface area contributed by atoms with Crippen molar-refractivity contribution < 1.29 is 9.59 Å². The Balaban J connectivity index is 0. The van der Waals surface area contributed by atoms with Crippen molar-refractivity contribution in [3.63, 3.8) is 0 Å². The Labute approximate surface area is 150 Å². The molecule has 2 amide bonds. The second-order valence-corrected chi connectivity index (χ2v) is 5.03. The fraction of sp³-hybridized carbons (Fsp3) is 0.467. The van der Waals surface area contributed by atoms with E-state index in [1.807, 2.05) is 32.2 Å². The van der Waals surface area contributed by atoms with Crippen LogP contribution in [0.3, 0.4) is 0 Å². The van der Waals surface area contributed by atoms with E-state index in [0.717, 1.165) is 6.54 Å². The highest BCUT2D eigenvalue weighted by Crippen LogP contribution is 2.05. The number of rotatable bonds is 8. The average Bonchev–Trinajstić information content (AvgIpc) is 2.50. The highest BCUT2D eigenvalue weighted by Gasteiger charge is 2.11. The Hall–Kier alpha value is -1.34. The van der Waals surface area contributed by atoms with E-state index < -0.39 is 0 Å². The molecule has 6 nitrogen and oxygen atoms in total.